The highest BCUT2D eigenvalue weighted by atomic mass is 16.6. The Morgan fingerprint density at radius 2 is 2.08 bits per heavy atom. The van der Waals surface area contributed by atoms with Gasteiger partial charge in [-0.3, -0.25) is 4.90 Å². The average molecular weight is 345 g/mol. The van der Waals surface area contributed by atoms with E-state index in [1.54, 1.807) is 19.2 Å². The summed E-state index contributed by atoms with van der Waals surface area (Å²) in [6.45, 7) is 3.64. The molecule has 6 nitrogen and oxygen atoms in total. The predicted molar refractivity (Wildman–Crippen MR) is 91.2 cm³/mol. The van der Waals surface area contributed by atoms with Gasteiger partial charge in [-0.25, -0.2) is 4.79 Å². The van der Waals surface area contributed by atoms with Crippen LogP contribution in [-0.2, 0) is 27.4 Å². The Morgan fingerprint density at radius 1 is 1.24 bits per heavy atom. The smallest absolute Gasteiger partial charge is 0.374 e. The summed E-state index contributed by atoms with van der Waals surface area (Å²) in [7, 11) is 1.57. The minimum atomic E-state index is -0.480. The van der Waals surface area contributed by atoms with Crippen LogP contribution in [0.2, 0.25) is 0 Å². The second-order valence-corrected chi connectivity index (χ2v) is 6.01. The van der Waals surface area contributed by atoms with Crippen LogP contribution in [0.3, 0.4) is 0 Å². The molecule has 1 aliphatic heterocycles. The summed E-state index contributed by atoms with van der Waals surface area (Å²) in [4.78, 5) is 14.4. The third kappa shape index (κ3) is 5.16. The van der Waals surface area contributed by atoms with Crippen molar-refractivity contribution in [2.45, 2.75) is 19.3 Å². The SMILES string of the molecule is COCc1ccc(C(=O)OCC2CN(Cc3ccccc3)CCO2)o1. The molecule has 0 saturated carbocycles. The lowest BCUT2D eigenvalue weighted by Crippen LogP contribution is -2.44. The first-order valence-electron chi connectivity index (χ1n) is 8.37. The number of methoxy groups -OCH3 is 1. The highest BCUT2D eigenvalue weighted by Crippen LogP contribution is 2.13. The number of nitrogens with zero attached hydrogens (tertiary/aromatic N) is 1. The maximum atomic E-state index is 12.1. The molecule has 0 aliphatic carbocycles. The topological polar surface area (TPSA) is 61.1 Å². The van der Waals surface area contributed by atoms with Crippen molar-refractivity contribution in [3.63, 3.8) is 0 Å². The summed E-state index contributed by atoms with van der Waals surface area (Å²) in [5, 5.41) is 0. The van der Waals surface area contributed by atoms with Crippen LogP contribution in [0.5, 0.6) is 0 Å². The molecule has 3 rings (SSSR count). The van der Waals surface area contributed by atoms with Crippen molar-refractivity contribution in [1.82, 2.24) is 4.90 Å². The lowest BCUT2D eigenvalue weighted by Gasteiger charge is -2.32. The lowest BCUT2D eigenvalue weighted by atomic mass is 10.2. The van der Waals surface area contributed by atoms with E-state index in [-0.39, 0.29) is 18.5 Å². The Labute approximate surface area is 147 Å². The Hall–Kier alpha value is -2.15. The van der Waals surface area contributed by atoms with Gasteiger partial charge in [0, 0.05) is 26.7 Å². The molecule has 2 aromatic rings. The quantitative estimate of drug-likeness (QED) is 0.719. The number of benzene rings is 1. The summed E-state index contributed by atoms with van der Waals surface area (Å²) >= 11 is 0. The summed E-state index contributed by atoms with van der Waals surface area (Å²) < 4.78 is 21.4. The zero-order valence-electron chi connectivity index (χ0n) is 14.3. The first kappa shape index (κ1) is 17.7. The maximum absolute atomic E-state index is 12.1. The minimum Gasteiger partial charge on any atom is -0.457 e. The molecular formula is C19H23NO5. The van der Waals surface area contributed by atoms with Crippen LogP contribution in [0.1, 0.15) is 21.9 Å². The Bertz CT molecular complexity index is 669. The van der Waals surface area contributed by atoms with E-state index < -0.39 is 5.97 Å². The number of hydrogen-bond acceptors (Lipinski definition) is 6. The van der Waals surface area contributed by atoms with Crippen LogP contribution in [0, 0.1) is 0 Å². The van der Waals surface area contributed by atoms with Crippen molar-refractivity contribution in [3.8, 4) is 0 Å². The summed E-state index contributed by atoms with van der Waals surface area (Å²) in [6.07, 6.45) is -0.130. The zero-order chi connectivity index (χ0) is 17.5. The van der Waals surface area contributed by atoms with Gasteiger partial charge in [0.25, 0.3) is 0 Å². The Morgan fingerprint density at radius 3 is 2.88 bits per heavy atom. The van der Waals surface area contributed by atoms with E-state index in [9.17, 15) is 4.79 Å². The second-order valence-electron chi connectivity index (χ2n) is 6.01. The van der Waals surface area contributed by atoms with Gasteiger partial charge >= 0.3 is 5.97 Å². The van der Waals surface area contributed by atoms with Gasteiger partial charge in [-0.05, 0) is 17.7 Å². The van der Waals surface area contributed by atoms with E-state index in [1.807, 2.05) is 18.2 Å². The fourth-order valence-corrected chi connectivity index (χ4v) is 2.81. The largest absolute Gasteiger partial charge is 0.457 e. The number of hydrogen-bond donors (Lipinski definition) is 0. The molecule has 2 heterocycles. The van der Waals surface area contributed by atoms with Crippen molar-refractivity contribution < 1.29 is 23.4 Å². The molecule has 1 unspecified atom stereocenters. The van der Waals surface area contributed by atoms with Crippen molar-refractivity contribution in [2.75, 3.05) is 33.4 Å². The minimum absolute atomic E-state index is 0.130. The third-order valence-electron chi connectivity index (χ3n) is 4.02. The molecule has 0 spiro atoms. The average Bonchev–Trinajstić information content (AvgIpc) is 3.10. The van der Waals surface area contributed by atoms with Gasteiger partial charge in [-0.1, -0.05) is 30.3 Å². The first-order valence-corrected chi connectivity index (χ1v) is 8.37. The highest BCUT2D eigenvalue weighted by molar-refractivity contribution is 5.86. The molecule has 1 saturated heterocycles. The van der Waals surface area contributed by atoms with Gasteiger partial charge in [0.2, 0.25) is 5.76 Å². The molecule has 0 radical (unpaired) electrons. The molecule has 6 heteroatoms. The third-order valence-corrected chi connectivity index (χ3v) is 4.02. The molecule has 0 amide bonds. The van der Waals surface area contributed by atoms with Crippen molar-refractivity contribution >= 4 is 5.97 Å². The second kappa shape index (κ2) is 8.80. The zero-order valence-corrected chi connectivity index (χ0v) is 14.3. The van der Waals surface area contributed by atoms with Crippen LogP contribution in [-0.4, -0.2) is 50.4 Å². The van der Waals surface area contributed by atoms with Gasteiger partial charge in [-0.15, -0.1) is 0 Å². The number of furan rings is 1. The van der Waals surface area contributed by atoms with E-state index >= 15 is 0 Å². The van der Waals surface area contributed by atoms with E-state index in [2.05, 4.69) is 17.0 Å². The molecule has 0 N–H and O–H groups in total. The summed E-state index contributed by atoms with van der Waals surface area (Å²) in [5.41, 5.74) is 1.27. The predicted octanol–water partition coefficient (Wildman–Crippen LogP) is 2.48. The highest BCUT2D eigenvalue weighted by Gasteiger charge is 2.23. The molecule has 0 bridgehead atoms. The number of ether oxygens (including phenoxy) is 3. The van der Waals surface area contributed by atoms with Gasteiger partial charge in [0.1, 0.15) is 25.1 Å². The Kier molecular flexibility index (Phi) is 6.22. The molecule has 134 valence electrons. The molecule has 1 aliphatic rings. The van der Waals surface area contributed by atoms with E-state index in [0.29, 0.717) is 19.0 Å². The maximum Gasteiger partial charge on any atom is 0.374 e. The van der Waals surface area contributed by atoms with Gasteiger partial charge in [0.05, 0.1) is 6.61 Å². The standard InChI is InChI=1S/C19H23NO5/c1-22-13-16-7-8-18(25-16)19(21)24-14-17-12-20(9-10-23-17)11-15-5-3-2-4-6-15/h2-8,17H,9-14H2,1H3. The van der Waals surface area contributed by atoms with Crippen LogP contribution < -0.4 is 0 Å². The van der Waals surface area contributed by atoms with Crippen LogP contribution in [0.25, 0.3) is 0 Å². The fourth-order valence-electron chi connectivity index (χ4n) is 2.81. The summed E-state index contributed by atoms with van der Waals surface area (Å²) in [6, 6.07) is 13.6. The number of esters is 1. The van der Waals surface area contributed by atoms with Crippen molar-refractivity contribution in [1.29, 1.82) is 0 Å². The van der Waals surface area contributed by atoms with Crippen LogP contribution in [0.15, 0.2) is 46.9 Å². The number of morpholine rings is 1. The first-order chi connectivity index (χ1) is 12.2. The number of carbonyl (C=O) groups excluding carboxylic acids is 1. The summed E-state index contributed by atoms with van der Waals surface area (Å²) in [5.74, 6) is 0.299. The Balaban J connectivity index is 1.46. The van der Waals surface area contributed by atoms with Gasteiger partial charge < -0.3 is 18.6 Å². The normalized spacial score (nSPS) is 18.2. The molecule has 1 fully saturated rings. The lowest BCUT2D eigenvalue weighted by molar-refractivity contribution is -0.0618. The fraction of sp³-hybridized carbons (Fsp3) is 0.421. The van der Waals surface area contributed by atoms with Crippen molar-refractivity contribution in [3.05, 3.63) is 59.5 Å². The monoisotopic (exact) mass is 345 g/mol. The number of rotatable bonds is 7. The van der Waals surface area contributed by atoms with E-state index in [1.165, 1.54) is 5.56 Å². The van der Waals surface area contributed by atoms with E-state index in [0.717, 1.165) is 19.6 Å². The van der Waals surface area contributed by atoms with Crippen LogP contribution >= 0.6 is 0 Å². The molecular weight excluding hydrogens is 322 g/mol. The van der Waals surface area contributed by atoms with Gasteiger partial charge in [-0.2, -0.15) is 0 Å². The molecule has 25 heavy (non-hydrogen) atoms. The molecule has 1 aromatic heterocycles. The van der Waals surface area contributed by atoms with Crippen molar-refractivity contribution in [2.24, 2.45) is 0 Å². The van der Waals surface area contributed by atoms with Gasteiger partial charge in [0.15, 0.2) is 0 Å². The van der Waals surface area contributed by atoms with E-state index in [4.69, 9.17) is 18.6 Å². The molecule has 1 atom stereocenters. The van der Waals surface area contributed by atoms with Crippen LogP contribution in [0.4, 0.5) is 0 Å². The molecule has 1 aromatic carbocycles. The number of carbonyl (C=O) groups is 1.